The van der Waals surface area contributed by atoms with E-state index < -0.39 is 0 Å². The van der Waals surface area contributed by atoms with Gasteiger partial charge in [-0.05, 0) is 20.8 Å². The Hall–Kier alpha value is -2.15. The van der Waals surface area contributed by atoms with Crippen LogP contribution in [0.25, 0.3) is 0 Å². The third kappa shape index (κ3) is 2.89. The zero-order valence-corrected chi connectivity index (χ0v) is 13.1. The Morgan fingerprint density at radius 1 is 1.45 bits per heavy atom. The van der Waals surface area contributed by atoms with Crippen molar-refractivity contribution < 1.29 is 9.53 Å². The van der Waals surface area contributed by atoms with E-state index in [4.69, 9.17) is 4.74 Å². The van der Waals surface area contributed by atoms with Gasteiger partial charge in [-0.25, -0.2) is 4.98 Å². The molecule has 1 saturated heterocycles. The van der Waals surface area contributed by atoms with Gasteiger partial charge in [0.1, 0.15) is 11.9 Å². The molecule has 7 nitrogen and oxygen atoms in total. The average Bonchev–Trinajstić information content (AvgIpc) is 3.08. The summed E-state index contributed by atoms with van der Waals surface area (Å²) in [6, 6.07) is 0. The average molecular weight is 303 g/mol. The van der Waals surface area contributed by atoms with Crippen LogP contribution in [0.5, 0.6) is 0 Å². The molecule has 0 saturated carbocycles. The second-order valence-corrected chi connectivity index (χ2v) is 5.74. The minimum Gasteiger partial charge on any atom is -0.367 e. The Morgan fingerprint density at radius 2 is 2.27 bits per heavy atom. The van der Waals surface area contributed by atoms with Crippen LogP contribution < -0.4 is 0 Å². The monoisotopic (exact) mass is 303 g/mol. The van der Waals surface area contributed by atoms with Gasteiger partial charge in [0.05, 0.1) is 25.3 Å². The summed E-state index contributed by atoms with van der Waals surface area (Å²) in [7, 11) is 0. The van der Waals surface area contributed by atoms with Gasteiger partial charge in [0.25, 0.3) is 0 Å². The smallest absolute Gasteiger partial charge is 0.227 e. The topological polar surface area (TPSA) is 86.9 Å². The lowest BCUT2D eigenvalue weighted by atomic mass is 10.1. The number of morpholine rings is 1. The first kappa shape index (κ1) is 14.8. The highest BCUT2D eigenvalue weighted by Gasteiger charge is 2.27. The summed E-state index contributed by atoms with van der Waals surface area (Å²) in [6.45, 7) is 7.48. The SMILES string of the molecule is Cc1cnc([C@H]2CN(C(=O)Cc3c(C)n[nH]c3C)CCO2)[nH]1. The van der Waals surface area contributed by atoms with E-state index in [0.29, 0.717) is 26.1 Å². The number of aromatic nitrogens is 4. The molecular weight excluding hydrogens is 282 g/mol. The predicted octanol–water partition coefficient (Wildman–Crippen LogP) is 1.20. The fourth-order valence-electron chi connectivity index (χ4n) is 2.74. The van der Waals surface area contributed by atoms with Crippen molar-refractivity contribution in [1.29, 1.82) is 0 Å². The zero-order chi connectivity index (χ0) is 15.7. The number of H-pyrrole nitrogens is 2. The molecule has 22 heavy (non-hydrogen) atoms. The van der Waals surface area contributed by atoms with Crippen molar-refractivity contribution in [2.75, 3.05) is 19.7 Å². The molecule has 1 amide bonds. The molecule has 0 aliphatic carbocycles. The number of imidazole rings is 1. The van der Waals surface area contributed by atoms with E-state index >= 15 is 0 Å². The van der Waals surface area contributed by atoms with E-state index in [1.165, 1.54) is 0 Å². The molecule has 118 valence electrons. The summed E-state index contributed by atoms with van der Waals surface area (Å²) >= 11 is 0. The lowest BCUT2D eigenvalue weighted by molar-refractivity contribution is -0.138. The number of aryl methyl sites for hydroxylation is 3. The molecule has 0 spiro atoms. The van der Waals surface area contributed by atoms with Crippen LogP contribution in [0.15, 0.2) is 6.20 Å². The van der Waals surface area contributed by atoms with E-state index in [0.717, 1.165) is 28.5 Å². The molecule has 0 unspecified atom stereocenters. The van der Waals surface area contributed by atoms with Crippen LogP contribution in [0.1, 0.15) is 34.6 Å². The number of nitrogens with zero attached hydrogens (tertiary/aromatic N) is 3. The van der Waals surface area contributed by atoms with Gasteiger partial charge < -0.3 is 14.6 Å². The van der Waals surface area contributed by atoms with E-state index in [2.05, 4.69) is 20.2 Å². The number of amides is 1. The lowest BCUT2D eigenvalue weighted by Crippen LogP contribution is -2.43. The van der Waals surface area contributed by atoms with Crippen molar-refractivity contribution in [3.63, 3.8) is 0 Å². The second kappa shape index (κ2) is 5.92. The highest BCUT2D eigenvalue weighted by atomic mass is 16.5. The lowest BCUT2D eigenvalue weighted by Gasteiger charge is -2.32. The first-order chi connectivity index (χ1) is 10.5. The maximum absolute atomic E-state index is 12.6. The fourth-order valence-corrected chi connectivity index (χ4v) is 2.74. The Labute approximate surface area is 129 Å². The molecule has 2 aromatic heterocycles. The van der Waals surface area contributed by atoms with Gasteiger partial charge in [-0.2, -0.15) is 5.10 Å². The van der Waals surface area contributed by atoms with E-state index in [-0.39, 0.29) is 12.0 Å². The molecule has 3 heterocycles. The van der Waals surface area contributed by atoms with Crippen LogP contribution in [0.3, 0.4) is 0 Å². The van der Waals surface area contributed by atoms with Crippen LogP contribution in [0, 0.1) is 20.8 Å². The molecular formula is C15H21N5O2. The number of hydrogen-bond donors (Lipinski definition) is 2. The summed E-state index contributed by atoms with van der Waals surface area (Å²) in [5.41, 5.74) is 3.82. The van der Waals surface area contributed by atoms with Crippen molar-refractivity contribution in [2.45, 2.75) is 33.3 Å². The first-order valence-electron chi connectivity index (χ1n) is 7.46. The van der Waals surface area contributed by atoms with Crippen molar-refractivity contribution >= 4 is 5.91 Å². The molecule has 1 aliphatic heterocycles. The number of ether oxygens (including phenoxy) is 1. The summed E-state index contributed by atoms with van der Waals surface area (Å²) in [4.78, 5) is 21.9. The van der Waals surface area contributed by atoms with Crippen LogP contribution >= 0.6 is 0 Å². The molecule has 2 aromatic rings. The number of carbonyl (C=O) groups is 1. The minimum absolute atomic E-state index is 0.101. The van der Waals surface area contributed by atoms with E-state index in [1.807, 2.05) is 25.7 Å². The number of hydrogen-bond acceptors (Lipinski definition) is 4. The maximum atomic E-state index is 12.6. The zero-order valence-electron chi connectivity index (χ0n) is 13.1. The number of carbonyl (C=O) groups excluding carboxylic acids is 1. The van der Waals surface area contributed by atoms with Gasteiger partial charge in [-0.1, -0.05) is 0 Å². The Bertz CT molecular complexity index is 656. The number of nitrogens with one attached hydrogen (secondary N) is 2. The third-order valence-electron chi connectivity index (χ3n) is 4.06. The van der Waals surface area contributed by atoms with Gasteiger partial charge in [0.15, 0.2) is 0 Å². The van der Waals surface area contributed by atoms with Gasteiger partial charge >= 0.3 is 0 Å². The first-order valence-corrected chi connectivity index (χ1v) is 7.46. The fraction of sp³-hybridized carbons (Fsp3) is 0.533. The Kier molecular flexibility index (Phi) is 3.98. The van der Waals surface area contributed by atoms with Crippen LogP contribution in [0.2, 0.25) is 0 Å². The number of aromatic amines is 2. The Balaban J connectivity index is 1.68. The molecule has 0 aromatic carbocycles. The Morgan fingerprint density at radius 3 is 2.91 bits per heavy atom. The summed E-state index contributed by atoms with van der Waals surface area (Å²) in [6.07, 6.45) is 1.97. The molecule has 1 fully saturated rings. The predicted molar refractivity (Wildman–Crippen MR) is 80.4 cm³/mol. The maximum Gasteiger partial charge on any atom is 0.227 e. The summed E-state index contributed by atoms with van der Waals surface area (Å²) in [5.74, 6) is 0.884. The standard InChI is InChI=1S/C15H21N5O2/c1-9-7-16-15(17-9)13-8-20(4-5-22-13)14(21)6-12-10(2)18-19-11(12)3/h7,13H,4-6,8H2,1-3H3,(H,16,17)(H,18,19)/t13-/m1/s1. The van der Waals surface area contributed by atoms with Crippen molar-refractivity contribution in [3.05, 3.63) is 34.7 Å². The van der Waals surface area contributed by atoms with Gasteiger partial charge in [-0.3, -0.25) is 9.89 Å². The van der Waals surface area contributed by atoms with Crippen LogP contribution in [-0.4, -0.2) is 50.7 Å². The molecule has 1 atom stereocenters. The van der Waals surface area contributed by atoms with Crippen LogP contribution in [0.4, 0.5) is 0 Å². The van der Waals surface area contributed by atoms with E-state index in [9.17, 15) is 4.79 Å². The highest BCUT2D eigenvalue weighted by Crippen LogP contribution is 2.21. The van der Waals surface area contributed by atoms with Crippen molar-refractivity contribution in [1.82, 2.24) is 25.1 Å². The largest absolute Gasteiger partial charge is 0.367 e. The molecule has 1 aliphatic rings. The normalized spacial score (nSPS) is 18.7. The molecule has 0 bridgehead atoms. The summed E-state index contributed by atoms with van der Waals surface area (Å²) in [5, 5.41) is 7.07. The third-order valence-corrected chi connectivity index (χ3v) is 4.06. The van der Waals surface area contributed by atoms with Crippen molar-refractivity contribution in [2.24, 2.45) is 0 Å². The van der Waals surface area contributed by atoms with Gasteiger partial charge in [0.2, 0.25) is 5.91 Å². The summed E-state index contributed by atoms with van der Waals surface area (Å²) < 4.78 is 5.73. The second-order valence-electron chi connectivity index (χ2n) is 5.74. The molecule has 2 N–H and O–H groups in total. The van der Waals surface area contributed by atoms with Crippen molar-refractivity contribution in [3.8, 4) is 0 Å². The highest BCUT2D eigenvalue weighted by molar-refractivity contribution is 5.79. The molecule has 7 heteroatoms. The van der Waals surface area contributed by atoms with E-state index in [1.54, 1.807) is 6.20 Å². The van der Waals surface area contributed by atoms with Gasteiger partial charge in [-0.15, -0.1) is 0 Å². The minimum atomic E-state index is -0.182. The molecule has 0 radical (unpaired) electrons. The molecule has 3 rings (SSSR count). The quantitative estimate of drug-likeness (QED) is 0.892. The number of rotatable bonds is 3. The van der Waals surface area contributed by atoms with Gasteiger partial charge in [0, 0.05) is 29.7 Å². The van der Waals surface area contributed by atoms with Crippen LogP contribution in [-0.2, 0) is 16.0 Å².